The molecule has 1 atom stereocenters. The molecule has 0 spiro atoms. The van der Waals surface area contributed by atoms with Gasteiger partial charge in [-0.2, -0.15) is 0 Å². The van der Waals surface area contributed by atoms with Crippen molar-refractivity contribution in [2.24, 2.45) is 0 Å². The van der Waals surface area contributed by atoms with E-state index in [1.165, 1.54) is 44.2 Å². The molecule has 0 saturated carbocycles. The van der Waals surface area contributed by atoms with Crippen LogP contribution >= 0.6 is 0 Å². The Bertz CT molecular complexity index is 984. The van der Waals surface area contributed by atoms with Gasteiger partial charge in [-0.1, -0.05) is 50.8 Å². The largest absolute Gasteiger partial charge is 0.454 e. The molecule has 0 aliphatic heterocycles. The molecule has 0 amide bonds. The van der Waals surface area contributed by atoms with Gasteiger partial charge in [0, 0.05) is 25.8 Å². The van der Waals surface area contributed by atoms with E-state index in [1.807, 2.05) is 0 Å². The van der Waals surface area contributed by atoms with Crippen LogP contribution in [0.3, 0.4) is 0 Å². The van der Waals surface area contributed by atoms with Gasteiger partial charge in [-0.25, -0.2) is 19.4 Å². The molecule has 0 fully saturated rings. The summed E-state index contributed by atoms with van der Waals surface area (Å²) in [6, 6.07) is 12.3. The molecule has 182 valence electrons. The van der Waals surface area contributed by atoms with Crippen molar-refractivity contribution in [3.05, 3.63) is 65.2 Å². The molecular formula is C26H30O8. The summed E-state index contributed by atoms with van der Waals surface area (Å²) in [5.74, 6) is -2.58. The van der Waals surface area contributed by atoms with Crippen molar-refractivity contribution in [3.63, 3.8) is 0 Å². The van der Waals surface area contributed by atoms with E-state index < -0.39 is 24.2 Å². The molecule has 2 rings (SSSR count). The Hall–Kier alpha value is -3.68. The lowest BCUT2D eigenvalue weighted by Crippen LogP contribution is -2.21. The molecule has 8 heteroatoms. The first kappa shape index (κ1) is 26.6. The van der Waals surface area contributed by atoms with Gasteiger partial charge in [0.15, 0.2) is 5.78 Å². The van der Waals surface area contributed by atoms with E-state index in [4.69, 9.17) is 14.4 Å². The van der Waals surface area contributed by atoms with Gasteiger partial charge in [-0.05, 0) is 36.8 Å². The Labute approximate surface area is 199 Å². The molecule has 0 aliphatic rings. The highest BCUT2D eigenvalue weighted by atomic mass is 17.2. The van der Waals surface area contributed by atoms with Crippen LogP contribution in [0.4, 0.5) is 0 Å². The number of hydrogen-bond donors (Lipinski definition) is 0. The summed E-state index contributed by atoms with van der Waals surface area (Å²) in [6.45, 7) is 4.82. The molecule has 0 N–H and O–H groups in total. The molecule has 2 aromatic rings. The van der Waals surface area contributed by atoms with Crippen LogP contribution in [0.25, 0.3) is 0 Å². The number of carbonyl (C=O) groups is 4. The first-order chi connectivity index (χ1) is 16.3. The molecule has 0 heterocycles. The molecule has 2 aromatic carbocycles. The van der Waals surface area contributed by atoms with Crippen molar-refractivity contribution in [1.82, 2.24) is 0 Å². The molecule has 8 nitrogen and oxygen atoms in total. The zero-order chi connectivity index (χ0) is 24.9. The maximum Gasteiger partial charge on any atom is 0.390 e. The van der Waals surface area contributed by atoms with Crippen molar-refractivity contribution < 1.29 is 38.4 Å². The summed E-state index contributed by atoms with van der Waals surface area (Å²) in [6.07, 6.45) is 4.33. The zero-order valence-corrected chi connectivity index (χ0v) is 19.7. The minimum absolute atomic E-state index is 0.00834. The lowest BCUT2D eigenvalue weighted by Gasteiger charge is -2.17. The van der Waals surface area contributed by atoms with Crippen LogP contribution < -0.4 is 4.74 Å². The number of unbranched alkanes of at least 4 members (excludes halogenated alkanes) is 4. The highest BCUT2D eigenvalue weighted by molar-refractivity contribution is 6.00. The van der Waals surface area contributed by atoms with E-state index in [-0.39, 0.29) is 22.7 Å². The van der Waals surface area contributed by atoms with Gasteiger partial charge in [0.25, 0.3) is 0 Å². The second-order valence-electron chi connectivity index (χ2n) is 7.70. The van der Waals surface area contributed by atoms with Crippen LogP contribution in [0.1, 0.15) is 90.4 Å². The Morgan fingerprint density at radius 2 is 1.50 bits per heavy atom. The second-order valence-corrected chi connectivity index (χ2v) is 7.70. The third-order valence-corrected chi connectivity index (χ3v) is 4.86. The van der Waals surface area contributed by atoms with Gasteiger partial charge in [0.05, 0.1) is 5.56 Å². The number of esters is 1. The van der Waals surface area contributed by atoms with Gasteiger partial charge in [-0.3, -0.25) is 9.59 Å². The Kier molecular flexibility index (Phi) is 10.8. The average Bonchev–Trinajstić information content (AvgIpc) is 2.82. The number of hydrogen-bond acceptors (Lipinski definition) is 8. The Balaban J connectivity index is 2.15. The van der Waals surface area contributed by atoms with Crippen molar-refractivity contribution in [2.75, 3.05) is 0 Å². The molecule has 1 unspecified atom stereocenters. The van der Waals surface area contributed by atoms with Gasteiger partial charge < -0.3 is 9.47 Å². The molecule has 0 saturated heterocycles. The maximum atomic E-state index is 12.7. The van der Waals surface area contributed by atoms with Gasteiger partial charge in [0.2, 0.25) is 6.29 Å². The second kappa shape index (κ2) is 13.8. The molecule has 0 bridgehead atoms. The van der Waals surface area contributed by atoms with Crippen LogP contribution in [0, 0.1) is 0 Å². The Morgan fingerprint density at radius 1 is 0.824 bits per heavy atom. The third kappa shape index (κ3) is 8.69. The van der Waals surface area contributed by atoms with E-state index >= 15 is 0 Å². The number of ether oxygens (including phenoxy) is 2. The predicted molar refractivity (Wildman–Crippen MR) is 123 cm³/mol. The van der Waals surface area contributed by atoms with Crippen molar-refractivity contribution >= 4 is 23.7 Å². The van der Waals surface area contributed by atoms with Crippen molar-refractivity contribution in [2.45, 2.75) is 65.6 Å². The van der Waals surface area contributed by atoms with E-state index in [1.54, 1.807) is 18.2 Å². The van der Waals surface area contributed by atoms with Crippen LogP contribution in [0.2, 0.25) is 0 Å². The average molecular weight is 471 g/mol. The fraction of sp³-hybridized carbons (Fsp3) is 0.385. The highest BCUT2D eigenvalue weighted by Gasteiger charge is 2.22. The van der Waals surface area contributed by atoms with E-state index in [9.17, 15) is 19.2 Å². The SMILES string of the molecule is CCCCCCCC(=O)c1ccc(OC(C)OC(C)=O)c(C(=O)OOC(=O)c2ccccc2)c1. The topological polar surface area (TPSA) is 105 Å². The Morgan fingerprint density at radius 3 is 2.18 bits per heavy atom. The maximum absolute atomic E-state index is 12.7. The lowest BCUT2D eigenvalue weighted by molar-refractivity contribution is -0.187. The van der Waals surface area contributed by atoms with Crippen LogP contribution in [-0.2, 0) is 19.3 Å². The summed E-state index contributed by atoms with van der Waals surface area (Å²) in [7, 11) is 0. The summed E-state index contributed by atoms with van der Waals surface area (Å²) in [5.41, 5.74) is 0.350. The highest BCUT2D eigenvalue weighted by Crippen LogP contribution is 2.24. The molecular weight excluding hydrogens is 440 g/mol. The molecule has 0 radical (unpaired) electrons. The predicted octanol–water partition coefficient (Wildman–Crippen LogP) is 5.45. The monoisotopic (exact) mass is 470 g/mol. The van der Waals surface area contributed by atoms with E-state index in [2.05, 4.69) is 11.8 Å². The summed E-state index contributed by atoms with van der Waals surface area (Å²) >= 11 is 0. The van der Waals surface area contributed by atoms with Gasteiger partial charge in [-0.15, -0.1) is 0 Å². The molecule has 34 heavy (non-hydrogen) atoms. The summed E-state index contributed by atoms with van der Waals surface area (Å²) in [5, 5.41) is 0. The number of benzene rings is 2. The normalized spacial score (nSPS) is 11.3. The third-order valence-electron chi connectivity index (χ3n) is 4.86. The summed E-state index contributed by atoms with van der Waals surface area (Å²) in [4.78, 5) is 58.0. The number of Topliss-reactive ketones (excluding diaryl/α,β-unsaturated/α-hetero) is 1. The zero-order valence-electron chi connectivity index (χ0n) is 19.7. The standard InChI is InChI=1S/C26H30O8/c1-4-5-6-7-11-14-23(28)21-15-16-24(32-19(3)31-18(2)27)22(17-21)26(30)34-33-25(29)20-12-9-8-10-13-20/h8-10,12-13,15-17,19H,4-7,11,14H2,1-3H3. The van der Waals surface area contributed by atoms with Crippen LogP contribution in [0.15, 0.2) is 48.5 Å². The van der Waals surface area contributed by atoms with Crippen molar-refractivity contribution in [3.8, 4) is 5.75 Å². The van der Waals surface area contributed by atoms with Crippen molar-refractivity contribution in [1.29, 1.82) is 0 Å². The number of rotatable bonds is 12. The molecule has 0 aromatic heterocycles. The van der Waals surface area contributed by atoms with E-state index in [0.29, 0.717) is 12.0 Å². The quantitative estimate of drug-likeness (QED) is 0.101. The van der Waals surface area contributed by atoms with Crippen LogP contribution in [0.5, 0.6) is 5.75 Å². The first-order valence-corrected chi connectivity index (χ1v) is 11.3. The van der Waals surface area contributed by atoms with Gasteiger partial charge >= 0.3 is 17.9 Å². The fourth-order valence-corrected chi connectivity index (χ4v) is 3.18. The smallest absolute Gasteiger partial charge is 0.390 e. The number of ketones is 1. The van der Waals surface area contributed by atoms with Crippen LogP contribution in [-0.4, -0.2) is 30.0 Å². The first-order valence-electron chi connectivity index (χ1n) is 11.3. The van der Waals surface area contributed by atoms with E-state index in [0.717, 1.165) is 32.1 Å². The molecule has 0 aliphatic carbocycles. The minimum atomic E-state index is -1.04. The van der Waals surface area contributed by atoms with Gasteiger partial charge in [0.1, 0.15) is 11.3 Å². The fourth-order valence-electron chi connectivity index (χ4n) is 3.18. The lowest BCUT2D eigenvalue weighted by atomic mass is 10.0. The number of carbonyl (C=O) groups excluding carboxylic acids is 4. The minimum Gasteiger partial charge on any atom is -0.454 e. The summed E-state index contributed by atoms with van der Waals surface area (Å²) < 4.78 is 10.5.